The number of benzene rings is 1. The fraction of sp³-hybridized carbons (Fsp3) is 0.273. The van der Waals surface area contributed by atoms with E-state index in [9.17, 15) is 4.39 Å². The molecule has 0 saturated heterocycles. The Morgan fingerprint density at radius 1 is 1.44 bits per heavy atom. The number of rotatable bonds is 4. The molecule has 0 aliphatic rings. The summed E-state index contributed by atoms with van der Waals surface area (Å²) in [5, 5.41) is 6.62. The molecule has 2 rings (SSSR count). The maximum atomic E-state index is 12.9. The van der Waals surface area contributed by atoms with Crippen LogP contribution in [0.3, 0.4) is 0 Å². The van der Waals surface area contributed by atoms with Crippen LogP contribution in [0.15, 0.2) is 28.8 Å². The lowest BCUT2D eigenvalue weighted by Crippen LogP contribution is -2.05. The number of anilines is 1. The SMILES string of the molecule is Cc1noc(NCCc2cccc(F)c2)n1. The van der Waals surface area contributed by atoms with E-state index in [1.807, 2.05) is 6.07 Å². The summed E-state index contributed by atoms with van der Waals surface area (Å²) in [7, 11) is 0. The Bertz CT molecular complexity index is 470. The van der Waals surface area contributed by atoms with Gasteiger partial charge in [0.05, 0.1) is 0 Å². The second kappa shape index (κ2) is 4.74. The van der Waals surface area contributed by atoms with Crippen LogP contribution in [-0.4, -0.2) is 16.7 Å². The van der Waals surface area contributed by atoms with E-state index in [1.165, 1.54) is 12.1 Å². The molecule has 0 unspecified atom stereocenters. The molecule has 0 aliphatic carbocycles. The molecule has 1 N–H and O–H groups in total. The first-order valence-corrected chi connectivity index (χ1v) is 5.02. The Balaban J connectivity index is 1.84. The number of nitrogens with zero attached hydrogens (tertiary/aromatic N) is 2. The second-order valence-corrected chi connectivity index (χ2v) is 3.45. The number of hydrogen-bond acceptors (Lipinski definition) is 4. The highest BCUT2D eigenvalue weighted by molar-refractivity contribution is 5.21. The topological polar surface area (TPSA) is 51.0 Å². The zero-order valence-electron chi connectivity index (χ0n) is 8.90. The van der Waals surface area contributed by atoms with Crippen molar-refractivity contribution in [2.75, 3.05) is 11.9 Å². The highest BCUT2D eigenvalue weighted by Gasteiger charge is 2.01. The van der Waals surface area contributed by atoms with Gasteiger partial charge in [-0.2, -0.15) is 4.98 Å². The van der Waals surface area contributed by atoms with Crippen molar-refractivity contribution >= 4 is 6.01 Å². The van der Waals surface area contributed by atoms with Gasteiger partial charge in [-0.05, 0) is 31.0 Å². The molecule has 0 spiro atoms. The number of aryl methyl sites for hydroxylation is 1. The lowest BCUT2D eigenvalue weighted by atomic mass is 10.1. The predicted molar refractivity (Wildman–Crippen MR) is 57.6 cm³/mol. The number of aromatic nitrogens is 2. The maximum Gasteiger partial charge on any atom is 0.321 e. The van der Waals surface area contributed by atoms with Crippen molar-refractivity contribution in [1.29, 1.82) is 0 Å². The van der Waals surface area contributed by atoms with Gasteiger partial charge in [0.1, 0.15) is 5.82 Å². The van der Waals surface area contributed by atoms with E-state index >= 15 is 0 Å². The van der Waals surface area contributed by atoms with E-state index in [2.05, 4.69) is 15.5 Å². The molecule has 0 atom stereocenters. The van der Waals surface area contributed by atoms with Crippen molar-refractivity contribution < 1.29 is 8.91 Å². The normalized spacial score (nSPS) is 10.4. The highest BCUT2D eigenvalue weighted by atomic mass is 19.1. The standard InChI is InChI=1S/C11H12FN3O/c1-8-14-11(16-15-8)13-6-5-9-3-2-4-10(12)7-9/h2-4,7H,5-6H2,1H3,(H,13,14,15). The van der Waals surface area contributed by atoms with Crippen LogP contribution in [0.1, 0.15) is 11.4 Å². The van der Waals surface area contributed by atoms with Crippen molar-refractivity contribution in [3.05, 3.63) is 41.5 Å². The second-order valence-electron chi connectivity index (χ2n) is 3.45. The number of nitrogens with one attached hydrogen (secondary N) is 1. The number of halogens is 1. The van der Waals surface area contributed by atoms with Crippen LogP contribution in [0.25, 0.3) is 0 Å². The lowest BCUT2D eigenvalue weighted by molar-refractivity contribution is 0.425. The molecule has 1 heterocycles. The van der Waals surface area contributed by atoms with Crippen LogP contribution in [0, 0.1) is 12.7 Å². The Kier molecular flexibility index (Phi) is 3.14. The summed E-state index contributed by atoms with van der Waals surface area (Å²) in [6.45, 7) is 2.38. The Morgan fingerprint density at radius 3 is 3.00 bits per heavy atom. The van der Waals surface area contributed by atoms with E-state index in [-0.39, 0.29) is 5.82 Å². The summed E-state index contributed by atoms with van der Waals surface area (Å²) in [6.07, 6.45) is 0.708. The molecular formula is C11H12FN3O. The van der Waals surface area contributed by atoms with Crippen LogP contribution in [0.5, 0.6) is 0 Å². The van der Waals surface area contributed by atoms with Crippen molar-refractivity contribution in [3.8, 4) is 0 Å². The Morgan fingerprint density at radius 2 is 2.31 bits per heavy atom. The summed E-state index contributed by atoms with van der Waals surface area (Å²) in [6, 6.07) is 6.92. The third-order valence-corrected chi connectivity index (χ3v) is 2.11. The van der Waals surface area contributed by atoms with E-state index in [1.54, 1.807) is 13.0 Å². The fourth-order valence-electron chi connectivity index (χ4n) is 1.38. The lowest BCUT2D eigenvalue weighted by Gasteiger charge is -2.01. The Labute approximate surface area is 92.5 Å². The molecule has 1 aromatic carbocycles. The molecule has 84 valence electrons. The first kappa shape index (κ1) is 10.6. The fourth-order valence-corrected chi connectivity index (χ4v) is 1.38. The molecule has 0 amide bonds. The third-order valence-electron chi connectivity index (χ3n) is 2.11. The van der Waals surface area contributed by atoms with Crippen molar-refractivity contribution in [2.24, 2.45) is 0 Å². The van der Waals surface area contributed by atoms with Gasteiger partial charge in [-0.15, -0.1) is 0 Å². The first-order chi connectivity index (χ1) is 7.74. The van der Waals surface area contributed by atoms with Gasteiger partial charge in [0.2, 0.25) is 0 Å². The average molecular weight is 221 g/mol. The van der Waals surface area contributed by atoms with Gasteiger partial charge in [-0.1, -0.05) is 17.3 Å². The monoisotopic (exact) mass is 221 g/mol. The van der Waals surface area contributed by atoms with Crippen molar-refractivity contribution in [3.63, 3.8) is 0 Å². The molecule has 0 fully saturated rings. The first-order valence-electron chi connectivity index (χ1n) is 5.02. The molecule has 0 radical (unpaired) electrons. The van der Waals surface area contributed by atoms with Crippen LogP contribution in [0.4, 0.5) is 10.4 Å². The average Bonchev–Trinajstić information content (AvgIpc) is 2.64. The quantitative estimate of drug-likeness (QED) is 0.859. The smallest absolute Gasteiger partial charge is 0.321 e. The van der Waals surface area contributed by atoms with Crippen LogP contribution < -0.4 is 5.32 Å². The van der Waals surface area contributed by atoms with Gasteiger partial charge in [-0.3, -0.25) is 0 Å². The molecule has 1 aromatic heterocycles. The molecule has 0 saturated carbocycles. The summed E-state index contributed by atoms with van der Waals surface area (Å²) in [5.41, 5.74) is 0.934. The summed E-state index contributed by atoms with van der Waals surface area (Å²) >= 11 is 0. The molecule has 16 heavy (non-hydrogen) atoms. The third kappa shape index (κ3) is 2.79. The maximum absolute atomic E-state index is 12.9. The van der Waals surface area contributed by atoms with Gasteiger partial charge in [0.15, 0.2) is 5.82 Å². The van der Waals surface area contributed by atoms with E-state index in [0.29, 0.717) is 24.8 Å². The minimum atomic E-state index is -0.217. The molecule has 2 aromatic rings. The van der Waals surface area contributed by atoms with E-state index in [0.717, 1.165) is 5.56 Å². The van der Waals surface area contributed by atoms with Crippen LogP contribution in [0.2, 0.25) is 0 Å². The highest BCUT2D eigenvalue weighted by Crippen LogP contribution is 2.06. The molecule has 4 nitrogen and oxygen atoms in total. The van der Waals surface area contributed by atoms with Crippen molar-refractivity contribution in [1.82, 2.24) is 10.1 Å². The van der Waals surface area contributed by atoms with Crippen molar-refractivity contribution in [2.45, 2.75) is 13.3 Å². The molecule has 0 aliphatic heterocycles. The Hall–Kier alpha value is -1.91. The van der Waals surface area contributed by atoms with Gasteiger partial charge in [0, 0.05) is 6.54 Å². The summed E-state index contributed by atoms with van der Waals surface area (Å²) in [5.74, 6) is 0.374. The number of hydrogen-bond donors (Lipinski definition) is 1. The molecule has 5 heteroatoms. The van der Waals surface area contributed by atoms with E-state index < -0.39 is 0 Å². The van der Waals surface area contributed by atoms with Gasteiger partial charge in [0.25, 0.3) is 0 Å². The zero-order valence-corrected chi connectivity index (χ0v) is 8.90. The van der Waals surface area contributed by atoms with Gasteiger partial charge >= 0.3 is 6.01 Å². The van der Waals surface area contributed by atoms with Crippen LogP contribution >= 0.6 is 0 Å². The largest absolute Gasteiger partial charge is 0.337 e. The van der Waals surface area contributed by atoms with Gasteiger partial charge in [-0.25, -0.2) is 4.39 Å². The zero-order chi connectivity index (χ0) is 11.4. The molecular weight excluding hydrogens is 209 g/mol. The minimum Gasteiger partial charge on any atom is -0.337 e. The van der Waals surface area contributed by atoms with Crippen LogP contribution in [-0.2, 0) is 6.42 Å². The molecule has 0 bridgehead atoms. The van der Waals surface area contributed by atoms with E-state index in [4.69, 9.17) is 4.52 Å². The summed E-state index contributed by atoms with van der Waals surface area (Å²) in [4.78, 5) is 4.00. The van der Waals surface area contributed by atoms with Gasteiger partial charge < -0.3 is 9.84 Å². The predicted octanol–water partition coefficient (Wildman–Crippen LogP) is 2.17. The minimum absolute atomic E-state index is 0.217. The summed E-state index contributed by atoms with van der Waals surface area (Å²) < 4.78 is 17.7.